The minimum absolute atomic E-state index is 0.308. The van der Waals surface area contributed by atoms with Crippen molar-refractivity contribution in [3.8, 4) is 10.6 Å². The summed E-state index contributed by atoms with van der Waals surface area (Å²) >= 11 is 1.70. The van der Waals surface area contributed by atoms with Crippen LogP contribution in [0, 0.1) is 12.8 Å². The summed E-state index contributed by atoms with van der Waals surface area (Å²) in [4.78, 5) is 7.03. The molecule has 1 aliphatic heterocycles. The van der Waals surface area contributed by atoms with Gasteiger partial charge in [0.15, 0.2) is 0 Å². The zero-order chi connectivity index (χ0) is 13.2. The normalized spacial score (nSPS) is 16.5. The Labute approximate surface area is 117 Å². The molecule has 1 aliphatic rings. The summed E-state index contributed by atoms with van der Waals surface area (Å²) in [5.41, 5.74) is 3.60. The lowest BCUT2D eigenvalue weighted by Gasteiger charge is -2.37. The fourth-order valence-electron chi connectivity index (χ4n) is 2.36. The molecule has 0 unspecified atom stereocenters. The third kappa shape index (κ3) is 2.86. The van der Waals surface area contributed by atoms with E-state index in [-0.39, 0.29) is 0 Å². The summed E-state index contributed by atoms with van der Waals surface area (Å²) in [5, 5.41) is 12.2. The molecule has 3 nitrogen and oxygen atoms in total. The largest absolute Gasteiger partial charge is 0.396 e. The van der Waals surface area contributed by atoms with E-state index in [1.54, 1.807) is 11.3 Å². The summed E-state index contributed by atoms with van der Waals surface area (Å²) < 4.78 is 0. The number of aliphatic hydroxyl groups excluding tert-OH is 1. The molecule has 0 spiro atoms. The summed E-state index contributed by atoms with van der Waals surface area (Å²) in [6.07, 6.45) is 0. The molecule has 1 N–H and O–H groups in total. The fraction of sp³-hybridized carbons (Fsp3) is 0.400. The number of hydrogen-bond acceptors (Lipinski definition) is 4. The van der Waals surface area contributed by atoms with Crippen molar-refractivity contribution in [2.24, 2.45) is 5.92 Å². The van der Waals surface area contributed by atoms with Crippen LogP contribution in [0.5, 0.6) is 0 Å². The molecule has 3 rings (SSSR count). The first-order valence-electron chi connectivity index (χ1n) is 6.59. The summed E-state index contributed by atoms with van der Waals surface area (Å²) in [5.74, 6) is 0.468. The Bertz CT molecular complexity index is 544. The number of aryl methyl sites for hydroxylation is 1. The van der Waals surface area contributed by atoms with Gasteiger partial charge in [-0.05, 0) is 6.92 Å². The Balaban J connectivity index is 1.65. The second kappa shape index (κ2) is 5.41. The molecule has 1 saturated heterocycles. The molecule has 0 amide bonds. The second-order valence-electron chi connectivity index (χ2n) is 5.25. The Kier molecular flexibility index (Phi) is 3.64. The van der Waals surface area contributed by atoms with Gasteiger partial charge in [0.1, 0.15) is 5.01 Å². The van der Waals surface area contributed by atoms with Crippen LogP contribution in [-0.4, -0.2) is 34.7 Å². The van der Waals surface area contributed by atoms with Gasteiger partial charge in [-0.15, -0.1) is 11.3 Å². The van der Waals surface area contributed by atoms with Gasteiger partial charge in [0.05, 0.1) is 5.69 Å². The van der Waals surface area contributed by atoms with Crippen molar-refractivity contribution in [2.45, 2.75) is 13.5 Å². The van der Waals surface area contributed by atoms with Gasteiger partial charge in [-0.1, -0.05) is 29.8 Å². The highest BCUT2D eigenvalue weighted by Crippen LogP contribution is 2.26. The van der Waals surface area contributed by atoms with Crippen LogP contribution in [0.4, 0.5) is 0 Å². The van der Waals surface area contributed by atoms with E-state index in [0.29, 0.717) is 12.5 Å². The summed E-state index contributed by atoms with van der Waals surface area (Å²) in [6, 6.07) is 8.50. The molecule has 0 aliphatic carbocycles. The summed E-state index contributed by atoms with van der Waals surface area (Å²) in [7, 11) is 0. The van der Waals surface area contributed by atoms with Gasteiger partial charge in [0, 0.05) is 43.1 Å². The van der Waals surface area contributed by atoms with Crippen LogP contribution in [0.2, 0.25) is 0 Å². The number of rotatable bonds is 4. The standard InChI is InChI=1S/C15H18N2OS/c1-11-2-4-13(5-3-11)15-16-14(10-19-15)8-17-6-12(7-17)9-18/h2-5,10,12,18H,6-9H2,1H3. The maximum absolute atomic E-state index is 9.00. The van der Waals surface area contributed by atoms with Gasteiger partial charge in [-0.3, -0.25) is 4.90 Å². The molecule has 19 heavy (non-hydrogen) atoms. The van der Waals surface area contributed by atoms with Crippen molar-refractivity contribution in [3.63, 3.8) is 0 Å². The van der Waals surface area contributed by atoms with Crippen LogP contribution in [0.3, 0.4) is 0 Å². The van der Waals surface area contributed by atoms with Crippen LogP contribution >= 0.6 is 11.3 Å². The molecular formula is C15H18N2OS. The highest BCUT2D eigenvalue weighted by molar-refractivity contribution is 7.13. The smallest absolute Gasteiger partial charge is 0.123 e. The molecule has 2 heterocycles. The van der Waals surface area contributed by atoms with Gasteiger partial charge >= 0.3 is 0 Å². The Hall–Kier alpha value is -1.23. The maximum atomic E-state index is 9.00. The first-order valence-corrected chi connectivity index (χ1v) is 7.47. The van der Waals surface area contributed by atoms with Crippen molar-refractivity contribution < 1.29 is 5.11 Å². The predicted molar refractivity (Wildman–Crippen MR) is 78.1 cm³/mol. The number of aromatic nitrogens is 1. The van der Waals surface area contributed by atoms with Gasteiger partial charge in [-0.25, -0.2) is 4.98 Å². The predicted octanol–water partition coefficient (Wildman–Crippen LogP) is 2.54. The van der Waals surface area contributed by atoms with Crippen molar-refractivity contribution in [1.82, 2.24) is 9.88 Å². The lowest BCUT2D eigenvalue weighted by atomic mass is 10.0. The van der Waals surface area contributed by atoms with Crippen molar-refractivity contribution >= 4 is 11.3 Å². The van der Waals surface area contributed by atoms with Crippen LogP contribution < -0.4 is 0 Å². The Morgan fingerprint density at radius 3 is 2.74 bits per heavy atom. The molecule has 4 heteroatoms. The molecule has 0 atom stereocenters. The molecule has 1 aromatic heterocycles. The molecule has 2 aromatic rings. The molecule has 0 radical (unpaired) electrons. The molecule has 1 fully saturated rings. The fourth-order valence-corrected chi connectivity index (χ4v) is 3.18. The van der Waals surface area contributed by atoms with Crippen LogP contribution in [0.15, 0.2) is 29.6 Å². The lowest BCUT2D eigenvalue weighted by molar-refractivity contribution is 0.0471. The highest BCUT2D eigenvalue weighted by Gasteiger charge is 2.26. The Morgan fingerprint density at radius 2 is 2.05 bits per heavy atom. The van der Waals surface area contributed by atoms with E-state index < -0.39 is 0 Å². The SMILES string of the molecule is Cc1ccc(-c2nc(CN3CC(CO)C3)cs2)cc1. The summed E-state index contributed by atoms with van der Waals surface area (Å²) in [6.45, 7) is 5.29. The first kappa shape index (κ1) is 12.8. The quantitative estimate of drug-likeness (QED) is 0.931. The van der Waals surface area contributed by atoms with Gasteiger partial charge in [-0.2, -0.15) is 0 Å². The number of nitrogens with zero attached hydrogens (tertiary/aromatic N) is 2. The number of benzene rings is 1. The number of likely N-dealkylation sites (tertiary alicyclic amines) is 1. The average Bonchev–Trinajstić information content (AvgIpc) is 2.82. The topological polar surface area (TPSA) is 36.4 Å². The van der Waals surface area contributed by atoms with Gasteiger partial charge < -0.3 is 5.11 Å². The van der Waals surface area contributed by atoms with Gasteiger partial charge in [0.25, 0.3) is 0 Å². The number of thiazole rings is 1. The lowest BCUT2D eigenvalue weighted by Crippen LogP contribution is -2.47. The van der Waals surface area contributed by atoms with E-state index in [4.69, 9.17) is 10.1 Å². The van der Waals surface area contributed by atoms with Crippen molar-refractivity contribution in [2.75, 3.05) is 19.7 Å². The molecule has 1 aromatic carbocycles. The zero-order valence-electron chi connectivity index (χ0n) is 11.0. The third-order valence-corrected chi connectivity index (χ3v) is 4.47. The third-order valence-electron chi connectivity index (χ3n) is 3.53. The first-order chi connectivity index (χ1) is 9.24. The molecule has 0 bridgehead atoms. The molecule has 0 saturated carbocycles. The number of hydrogen-bond donors (Lipinski definition) is 1. The van der Waals surface area contributed by atoms with Crippen molar-refractivity contribution in [3.05, 3.63) is 40.9 Å². The Morgan fingerprint density at radius 1 is 1.32 bits per heavy atom. The molecular weight excluding hydrogens is 256 g/mol. The van der Waals surface area contributed by atoms with Crippen molar-refractivity contribution in [1.29, 1.82) is 0 Å². The minimum Gasteiger partial charge on any atom is -0.396 e. The van der Waals surface area contributed by atoms with Gasteiger partial charge in [0.2, 0.25) is 0 Å². The maximum Gasteiger partial charge on any atom is 0.123 e. The van der Waals surface area contributed by atoms with E-state index in [2.05, 4.69) is 41.5 Å². The van der Waals surface area contributed by atoms with E-state index in [1.807, 2.05) is 0 Å². The minimum atomic E-state index is 0.308. The van der Waals surface area contributed by atoms with Crippen LogP contribution in [0.1, 0.15) is 11.3 Å². The average molecular weight is 274 g/mol. The zero-order valence-corrected chi connectivity index (χ0v) is 11.9. The van der Waals surface area contributed by atoms with Crippen LogP contribution in [-0.2, 0) is 6.54 Å². The monoisotopic (exact) mass is 274 g/mol. The number of aliphatic hydroxyl groups is 1. The van der Waals surface area contributed by atoms with Crippen LogP contribution in [0.25, 0.3) is 10.6 Å². The second-order valence-corrected chi connectivity index (χ2v) is 6.11. The molecule has 100 valence electrons. The van der Waals surface area contributed by atoms with E-state index in [1.165, 1.54) is 11.1 Å². The van der Waals surface area contributed by atoms with E-state index >= 15 is 0 Å². The van der Waals surface area contributed by atoms with E-state index in [9.17, 15) is 0 Å². The van der Waals surface area contributed by atoms with E-state index in [0.717, 1.165) is 30.3 Å². The highest BCUT2D eigenvalue weighted by atomic mass is 32.1.